The molecule has 1 aromatic heterocycles. The highest BCUT2D eigenvalue weighted by atomic mass is 127. The number of alkyl halides is 13. The van der Waals surface area contributed by atoms with Gasteiger partial charge in [0.15, 0.2) is 12.4 Å². The molecule has 1 nitrogen and oxygen atoms in total. The first-order valence-electron chi connectivity index (χ1n) is 6.74. The summed E-state index contributed by atoms with van der Waals surface area (Å²) >= 11 is 0. The Bertz CT molecular complexity index is 642. The van der Waals surface area contributed by atoms with Crippen LogP contribution in [0.5, 0.6) is 0 Å². The highest BCUT2D eigenvalue weighted by molar-refractivity contribution is 5.05. The van der Waals surface area contributed by atoms with Crippen molar-refractivity contribution in [2.45, 2.75) is 48.8 Å². The quantitative estimate of drug-likeness (QED) is 0.278. The summed E-state index contributed by atoms with van der Waals surface area (Å²) < 4.78 is 170. The number of pyridine rings is 1. The minimum Gasteiger partial charge on any atom is -1.00 e. The van der Waals surface area contributed by atoms with Gasteiger partial charge in [0.25, 0.3) is 0 Å². The molecule has 0 radical (unpaired) electrons. The lowest BCUT2D eigenvalue weighted by Gasteiger charge is -2.37. The first-order valence-corrected chi connectivity index (χ1v) is 6.74. The number of nitrogens with zero attached hydrogens (tertiary/aromatic N) is 1. The number of hydrogen-bond donors (Lipinski definition) is 0. The van der Waals surface area contributed by atoms with E-state index in [1.54, 1.807) is 0 Å². The van der Waals surface area contributed by atoms with Crippen LogP contribution >= 0.6 is 0 Å². The normalized spacial score (nSPS) is 14.6. The molecule has 0 fully saturated rings. The lowest BCUT2D eigenvalue weighted by molar-refractivity contribution is -0.849. The van der Waals surface area contributed by atoms with Crippen molar-refractivity contribution in [1.82, 2.24) is 0 Å². The highest BCUT2D eigenvalue weighted by Gasteiger charge is 2.89. The van der Waals surface area contributed by atoms with E-state index in [2.05, 4.69) is 0 Å². The van der Waals surface area contributed by atoms with Gasteiger partial charge in [-0.15, -0.1) is 13.3 Å². The summed E-state index contributed by atoms with van der Waals surface area (Å²) in [5.41, 5.74) is 0. The Balaban J connectivity index is 0.00000729. The van der Waals surface area contributed by atoms with E-state index >= 15 is 0 Å². The second-order valence-electron chi connectivity index (χ2n) is 5.37. The number of halogens is 14. The maximum atomic E-state index is 13.7. The van der Waals surface area contributed by atoms with Crippen LogP contribution < -0.4 is 28.5 Å². The largest absolute Gasteiger partial charge is 1.00 e. The second-order valence-corrected chi connectivity index (χ2v) is 5.37. The fourth-order valence-electron chi connectivity index (χ4n) is 1.82. The summed E-state index contributed by atoms with van der Waals surface area (Å²) in [7, 11) is 0. The Morgan fingerprint density at radius 2 is 0.964 bits per heavy atom. The Hall–Kier alpha value is -1.03. The summed E-state index contributed by atoms with van der Waals surface area (Å²) in [4.78, 5) is 0. The Morgan fingerprint density at radius 3 is 1.36 bits per heavy atom. The van der Waals surface area contributed by atoms with Crippen LogP contribution in [0.15, 0.2) is 30.6 Å². The van der Waals surface area contributed by atoms with Crippen molar-refractivity contribution in [3.8, 4) is 0 Å². The van der Waals surface area contributed by atoms with E-state index in [0.29, 0.717) is 12.1 Å². The van der Waals surface area contributed by atoms with Gasteiger partial charge in [0.2, 0.25) is 0 Å². The zero-order chi connectivity index (χ0) is 21.5. The van der Waals surface area contributed by atoms with Gasteiger partial charge >= 0.3 is 35.9 Å². The summed E-state index contributed by atoms with van der Waals surface area (Å²) in [6.07, 6.45) is -11.1. The highest BCUT2D eigenvalue weighted by Crippen LogP contribution is 2.58. The first kappa shape index (κ1) is 27.0. The van der Waals surface area contributed by atoms with E-state index in [0.717, 1.165) is 6.07 Å². The monoisotopic (exact) mass is 553 g/mol. The number of rotatable bonds is 7. The molecule has 0 saturated heterocycles. The molecule has 164 valence electrons. The van der Waals surface area contributed by atoms with Gasteiger partial charge in [0.05, 0.1) is 0 Å². The van der Waals surface area contributed by atoms with Crippen LogP contribution in [0.2, 0.25) is 0 Å². The van der Waals surface area contributed by atoms with Gasteiger partial charge in [-0.05, 0) is 0 Å². The first-order chi connectivity index (χ1) is 11.8. The SMILES string of the molecule is FC(F)(F)CCC(F)(F)C(F)(F)C(F)(F)C(F)(F)C(F)(F)[n+]1ccccc1.[I-]. The molecule has 0 aliphatic heterocycles. The van der Waals surface area contributed by atoms with Gasteiger partial charge in [-0.25, -0.2) is 0 Å². The summed E-state index contributed by atoms with van der Waals surface area (Å²) in [6.45, 7) is 0. The van der Waals surface area contributed by atoms with Crippen LogP contribution in [0, 0.1) is 0 Å². The van der Waals surface area contributed by atoms with Crippen molar-refractivity contribution >= 4 is 0 Å². The van der Waals surface area contributed by atoms with Crippen LogP contribution in [0.4, 0.5) is 57.1 Å². The van der Waals surface area contributed by atoms with Crippen molar-refractivity contribution in [3.63, 3.8) is 0 Å². The number of hydrogen-bond acceptors (Lipinski definition) is 0. The molecule has 0 atom stereocenters. The predicted octanol–water partition coefficient (Wildman–Crippen LogP) is 2.41. The van der Waals surface area contributed by atoms with Crippen LogP contribution in [0.1, 0.15) is 12.8 Å². The Labute approximate surface area is 165 Å². The fraction of sp³-hybridized carbons (Fsp3) is 0.615. The van der Waals surface area contributed by atoms with Crippen molar-refractivity contribution in [1.29, 1.82) is 0 Å². The van der Waals surface area contributed by atoms with E-state index < -0.39 is 53.3 Å². The summed E-state index contributed by atoms with van der Waals surface area (Å²) in [5.74, 6) is -28.1. The Morgan fingerprint density at radius 1 is 0.536 bits per heavy atom. The van der Waals surface area contributed by atoms with Gasteiger partial charge in [-0.2, -0.15) is 48.3 Å². The molecule has 0 N–H and O–H groups in total. The van der Waals surface area contributed by atoms with Gasteiger partial charge in [-0.3, -0.25) is 0 Å². The van der Waals surface area contributed by atoms with Crippen LogP contribution in [-0.4, -0.2) is 29.9 Å². The van der Waals surface area contributed by atoms with Crippen molar-refractivity contribution in [3.05, 3.63) is 30.6 Å². The molecule has 1 aromatic rings. The van der Waals surface area contributed by atoms with Crippen molar-refractivity contribution in [2.75, 3.05) is 0 Å². The smallest absolute Gasteiger partial charge is 0.534 e. The molecular formula is C13H9F13IN. The van der Waals surface area contributed by atoms with E-state index in [9.17, 15) is 57.1 Å². The molecule has 0 unspecified atom stereocenters. The van der Waals surface area contributed by atoms with E-state index in [1.807, 2.05) is 0 Å². The lowest BCUT2D eigenvalue weighted by atomic mass is 9.94. The lowest BCUT2D eigenvalue weighted by Crippen LogP contribution is -3.00. The molecule has 1 rings (SSSR count). The average molecular weight is 553 g/mol. The molecule has 0 bridgehead atoms. The molecule has 28 heavy (non-hydrogen) atoms. The molecule has 0 spiro atoms. The third kappa shape index (κ3) is 4.58. The summed E-state index contributed by atoms with van der Waals surface area (Å²) in [5, 5.41) is 0. The molecule has 0 aromatic carbocycles. The predicted molar refractivity (Wildman–Crippen MR) is 61.9 cm³/mol. The topological polar surface area (TPSA) is 3.88 Å². The van der Waals surface area contributed by atoms with Crippen LogP contribution in [-0.2, 0) is 6.05 Å². The van der Waals surface area contributed by atoms with Gasteiger partial charge in [-0.1, -0.05) is 6.07 Å². The molecule has 0 saturated carbocycles. The Kier molecular flexibility index (Phi) is 7.71. The minimum absolute atomic E-state index is 0. The van der Waals surface area contributed by atoms with Gasteiger partial charge in [0.1, 0.15) is 0 Å². The van der Waals surface area contributed by atoms with Gasteiger partial charge < -0.3 is 24.0 Å². The molecule has 0 amide bonds. The van der Waals surface area contributed by atoms with Gasteiger partial charge in [0, 0.05) is 25.0 Å². The van der Waals surface area contributed by atoms with Crippen LogP contribution in [0.25, 0.3) is 0 Å². The van der Waals surface area contributed by atoms with Crippen molar-refractivity contribution in [2.24, 2.45) is 0 Å². The fourth-order valence-corrected chi connectivity index (χ4v) is 1.82. The second kappa shape index (κ2) is 8.01. The maximum Gasteiger partial charge on any atom is 0.534 e. The molecule has 15 heteroatoms. The summed E-state index contributed by atoms with van der Waals surface area (Å²) in [6, 6.07) is -3.92. The zero-order valence-corrected chi connectivity index (χ0v) is 15.2. The average Bonchev–Trinajstić information content (AvgIpc) is 2.52. The van der Waals surface area contributed by atoms with E-state index in [4.69, 9.17) is 0 Å². The maximum absolute atomic E-state index is 13.7. The zero-order valence-electron chi connectivity index (χ0n) is 13.0. The van der Waals surface area contributed by atoms with Crippen LogP contribution in [0.3, 0.4) is 0 Å². The van der Waals surface area contributed by atoms with Crippen molar-refractivity contribution < 1.29 is 85.6 Å². The standard InChI is InChI=1S/C13H9F13N.HI/c14-8(15,4-5-9(16,17)18)10(19,20)11(21,22)12(23,24)13(25,26)27-6-2-1-3-7-27;/h1-3,6-7H,4-5H2;1H/q+1;/p-1. The minimum atomic E-state index is -7.42. The third-order valence-corrected chi connectivity index (χ3v) is 3.39. The molecule has 0 aliphatic carbocycles. The van der Waals surface area contributed by atoms with E-state index in [1.165, 1.54) is 0 Å². The number of aromatic nitrogens is 1. The third-order valence-electron chi connectivity index (χ3n) is 3.39. The molecule has 0 aliphatic rings. The molecule has 1 heterocycles. The molecular weight excluding hydrogens is 544 g/mol. The van der Waals surface area contributed by atoms with E-state index in [-0.39, 0.29) is 36.4 Å².